The molecule has 0 aliphatic carbocycles. The molecule has 0 aliphatic rings. The molecule has 1 N–H and O–H groups in total. The van der Waals surface area contributed by atoms with Gasteiger partial charge in [-0.2, -0.15) is 0 Å². The maximum absolute atomic E-state index is 13.1. The van der Waals surface area contributed by atoms with E-state index in [1.54, 1.807) is 12.1 Å². The summed E-state index contributed by atoms with van der Waals surface area (Å²) in [5.41, 5.74) is 0.702. The van der Waals surface area contributed by atoms with Crippen molar-refractivity contribution >= 4 is 15.9 Å². The summed E-state index contributed by atoms with van der Waals surface area (Å²) in [6.45, 7) is 3.90. The maximum Gasteiger partial charge on any atom is 0.247 e. The first-order chi connectivity index (χ1) is 9.20. The highest BCUT2D eigenvalue weighted by molar-refractivity contribution is 9.10. The fourth-order valence-corrected chi connectivity index (χ4v) is 1.98. The average Bonchev–Trinajstić information content (AvgIpc) is 2.87. The number of nitrogens with one attached hydrogen (secondary N) is 1. The summed E-state index contributed by atoms with van der Waals surface area (Å²) >= 11 is 3.13. The van der Waals surface area contributed by atoms with E-state index in [1.165, 1.54) is 6.07 Å². The zero-order valence-corrected chi connectivity index (χ0v) is 12.2. The zero-order valence-electron chi connectivity index (χ0n) is 10.6. The molecule has 102 valence electrons. The predicted octanol–water partition coefficient (Wildman–Crippen LogP) is 3.18. The summed E-state index contributed by atoms with van der Waals surface area (Å²) in [5, 5.41) is 11.2. The van der Waals surface area contributed by atoms with Crippen LogP contribution in [0.15, 0.2) is 27.1 Å². The highest BCUT2D eigenvalue weighted by atomic mass is 79.9. The van der Waals surface area contributed by atoms with E-state index in [0.29, 0.717) is 28.2 Å². The Hall–Kier alpha value is -1.27. The SMILES string of the molecule is CCCNCCc1nnc(-c2ccc(F)c(Br)c2)o1. The van der Waals surface area contributed by atoms with Crippen molar-refractivity contribution in [3.63, 3.8) is 0 Å². The van der Waals surface area contributed by atoms with Crippen LogP contribution in [-0.2, 0) is 6.42 Å². The number of aromatic nitrogens is 2. The summed E-state index contributed by atoms with van der Waals surface area (Å²) in [7, 11) is 0. The van der Waals surface area contributed by atoms with Crippen LogP contribution in [0, 0.1) is 5.82 Å². The van der Waals surface area contributed by atoms with Gasteiger partial charge >= 0.3 is 0 Å². The summed E-state index contributed by atoms with van der Waals surface area (Å²) < 4.78 is 19.1. The van der Waals surface area contributed by atoms with Crippen LogP contribution < -0.4 is 5.32 Å². The normalized spacial score (nSPS) is 10.9. The fourth-order valence-electron chi connectivity index (χ4n) is 1.60. The first kappa shape index (κ1) is 14.1. The van der Waals surface area contributed by atoms with Gasteiger partial charge in [0.1, 0.15) is 5.82 Å². The van der Waals surface area contributed by atoms with E-state index in [1.807, 2.05) is 0 Å². The van der Waals surface area contributed by atoms with E-state index < -0.39 is 0 Å². The molecule has 0 radical (unpaired) electrons. The van der Waals surface area contributed by atoms with E-state index >= 15 is 0 Å². The lowest BCUT2D eigenvalue weighted by Crippen LogP contribution is -2.17. The van der Waals surface area contributed by atoms with Crippen LogP contribution in [0.4, 0.5) is 4.39 Å². The van der Waals surface area contributed by atoms with Crippen molar-refractivity contribution in [2.45, 2.75) is 19.8 Å². The molecule has 1 aromatic heterocycles. The van der Waals surface area contributed by atoms with Gasteiger partial charge in [0.25, 0.3) is 0 Å². The molecular weight excluding hydrogens is 313 g/mol. The van der Waals surface area contributed by atoms with Crippen molar-refractivity contribution in [3.8, 4) is 11.5 Å². The second kappa shape index (κ2) is 6.77. The Morgan fingerprint density at radius 3 is 2.89 bits per heavy atom. The van der Waals surface area contributed by atoms with Crippen LogP contribution in [0.1, 0.15) is 19.2 Å². The van der Waals surface area contributed by atoms with E-state index in [9.17, 15) is 4.39 Å². The second-order valence-corrected chi connectivity index (χ2v) is 4.98. The largest absolute Gasteiger partial charge is 0.421 e. The monoisotopic (exact) mass is 327 g/mol. The third-order valence-electron chi connectivity index (χ3n) is 2.58. The molecule has 2 aromatic rings. The molecule has 0 saturated carbocycles. The molecule has 1 aromatic carbocycles. The predicted molar refractivity (Wildman–Crippen MR) is 74.3 cm³/mol. The Kier molecular flexibility index (Phi) is 5.04. The van der Waals surface area contributed by atoms with Gasteiger partial charge in [0, 0.05) is 18.5 Å². The maximum atomic E-state index is 13.1. The van der Waals surface area contributed by atoms with Crippen LogP contribution in [0.5, 0.6) is 0 Å². The van der Waals surface area contributed by atoms with Gasteiger partial charge in [0.2, 0.25) is 11.8 Å². The standard InChI is InChI=1S/C13H15BrFN3O/c1-2-6-16-7-5-12-17-18-13(19-12)9-3-4-11(15)10(14)8-9/h3-4,8,16H,2,5-7H2,1H3. The van der Waals surface area contributed by atoms with Crippen molar-refractivity contribution in [1.82, 2.24) is 15.5 Å². The Labute approximate surface area is 119 Å². The molecule has 0 bridgehead atoms. The van der Waals surface area contributed by atoms with Gasteiger partial charge in [0.05, 0.1) is 4.47 Å². The molecule has 4 nitrogen and oxygen atoms in total. The summed E-state index contributed by atoms with van der Waals surface area (Å²) in [6, 6.07) is 4.61. The van der Waals surface area contributed by atoms with Crippen LogP contribution in [-0.4, -0.2) is 23.3 Å². The van der Waals surface area contributed by atoms with Crippen molar-refractivity contribution < 1.29 is 8.81 Å². The first-order valence-corrected chi connectivity index (χ1v) is 6.98. The summed E-state index contributed by atoms with van der Waals surface area (Å²) in [4.78, 5) is 0. The van der Waals surface area contributed by atoms with Gasteiger partial charge in [-0.3, -0.25) is 0 Å². The molecule has 1 heterocycles. The Bertz CT molecular complexity index is 544. The number of nitrogens with zero attached hydrogens (tertiary/aromatic N) is 2. The molecule has 2 rings (SSSR count). The first-order valence-electron chi connectivity index (χ1n) is 6.19. The van der Waals surface area contributed by atoms with Crippen molar-refractivity contribution in [2.75, 3.05) is 13.1 Å². The minimum Gasteiger partial charge on any atom is -0.421 e. The van der Waals surface area contributed by atoms with Crippen LogP contribution in [0.25, 0.3) is 11.5 Å². The summed E-state index contributed by atoms with van der Waals surface area (Å²) in [6.07, 6.45) is 1.79. The van der Waals surface area contributed by atoms with Gasteiger partial charge in [-0.05, 0) is 47.1 Å². The zero-order chi connectivity index (χ0) is 13.7. The van der Waals surface area contributed by atoms with Crippen LogP contribution in [0.3, 0.4) is 0 Å². The third-order valence-corrected chi connectivity index (χ3v) is 3.18. The number of rotatable bonds is 6. The van der Waals surface area contributed by atoms with Gasteiger partial charge in [0.15, 0.2) is 0 Å². The molecule has 0 fully saturated rings. The minimum absolute atomic E-state index is 0.313. The van der Waals surface area contributed by atoms with Gasteiger partial charge in [-0.15, -0.1) is 10.2 Å². The molecular formula is C13H15BrFN3O. The molecule has 6 heteroatoms. The number of halogens is 2. The van der Waals surface area contributed by atoms with E-state index in [4.69, 9.17) is 4.42 Å². The van der Waals surface area contributed by atoms with E-state index in [2.05, 4.69) is 38.4 Å². The van der Waals surface area contributed by atoms with Gasteiger partial charge in [-0.25, -0.2) is 4.39 Å². The topological polar surface area (TPSA) is 51.0 Å². The van der Waals surface area contributed by atoms with Gasteiger partial charge in [-0.1, -0.05) is 6.92 Å². The van der Waals surface area contributed by atoms with Crippen molar-refractivity contribution in [3.05, 3.63) is 34.4 Å². The van der Waals surface area contributed by atoms with Gasteiger partial charge < -0.3 is 9.73 Å². The molecule has 0 spiro atoms. The lowest BCUT2D eigenvalue weighted by atomic mass is 10.2. The second-order valence-electron chi connectivity index (χ2n) is 4.13. The van der Waals surface area contributed by atoms with Crippen molar-refractivity contribution in [2.24, 2.45) is 0 Å². The van der Waals surface area contributed by atoms with E-state index in [-0.39, 0.29) is 5.82 Å². The Balaban J connectivity index is 2.01. The molecule has 0 saturated heterocycles. The molecule has 0 atom stereocenters. The summed E-state index contributed by atoms with van der Waals surface area (Å²) in [5.74, 6) is 0.678. The molecule has 0 aliphatic heterocycles. The number of hydrogen-bond donors (Lipinski definition) is 1. The number of benzene rings is 1. The minimum atomic E-state index is -0.313. The smallest absolute Gasteiger partial charge is 0.247 e. The highest BCUT2D eigenvalue weighted by Gasteiger charge is 2.10. The van der Waals surface area contributed by atoms with Crippen LogP contribution >= 0.6 is 15.9 Å². The van der Waals surface area contributed by atoms with Crippen molar-refractivity contribution in [1.29, 1.82) is 0 Å². The highest BCUT2D eigenvalue weighted by Crippen LogP contribution is 2.24. The Morgan fingerprint density at radius 1 is 1.32 bits per heavy atom. The average molecular weight is 328 g/mol. The van der Waals surface area contributed by atoms with Crippen LogP contribution in [0.2, 0.25) is 0 Å². The molecule has 0 unspecified atom stereocenters. The molecule has 19 heavy (non-hydrogen) atoms. The Morgan fingerprint density at radius 2 is 2.16 bits per heavy atom. The number of hydrogen-bond acceptors (Lipinski definition) is 4. The fraction of sp³-hybridized carbons (Fsp3) is 0.385. The van der Waals surface area contributed by atoms with E-state index in [0.717, 1.165) is 19.5 Å². The lowest BCUT2D eigenvalue weighted by Gasteiger charge is -1.99. The quantitative estimate of drug-likeness (QED) is 0.828. The third kappa shape index (κ3) is 3.84. The molecule has 0 amide bonds. The lowest BCUT2D eigenvalue weighted by molar-refractivity contribution is 0.494.